The molecule has 2 N–H and O–H groups in total. The van der Waals surface area contributed by atoms with Gasteiger partial charge < -0.3 is 10.6 Å². The first kappa shape index (κ1) is 23.0. The fourth-order valence-corrected chi connectivity index (χ4v) is 4.22. The van der Waals surface area contributed by atoms with Crippen LogP contribution in [-0.2, 0) is 14.4 Å². The molecular weight excluding hydrogens is 426 g/mol. The highest BCUT2D eigenvalue weighted by Gasteiger charge is 2.41. The molecule has 1 heterocycles. The summed E-state index contributed by atoms with van der Waals surface area (Å²) in [5, 5.41) is 5.95. The lowest BCUT2D eigenvalue weighted by molar-refractivity contribution is -0.120. The first-order chi connectivity index (χ1) is 16.2. The number of aryl methyl sites for hydroxylation is 3. The van der Waals surface area contributed by atoms with Crippen LogP contribution in [0.5, 0.6) is 0 Å². The van der Waals surface area contributed by atoms with E-state index < -0.39 is 11.8 Å². The molecule has 0 atom stereocenters. The Labute approximate surface area is 199 Å². The van der Waals surface area contributed by atoms with Crippen LogP contribution in [0.3, 0.4) is 0 Å². The molecule has 3 aromatic carbocycles. The van der Waals surface area contributed by atoms with Crippen LogP contribution in [0.25, 0.3) is 5.57 Å². The van der Waals surface area contributed by atoms with Crippen LogP contribution in [-0.4, -0.2) is 17.7 Å². The second kappa shape index (κ2) is 8.98. The lowest BCUT2D eigenvalue weighted by Crippen LogP contribution is -2.33. The Balaban J connectivity index is 1.83. The van der Waals surface area contributed by atoms with E-state index in [1.807, 2.05) is 58.0 Å². The zero-order valence-electron chi connectivity index (χ0n) is 19.9. The molecule has 0 unspecified atom stereocenters. The average Bonchev–Trinajstić information content (AvgIpc) is 2.99. The molecule has 0 radical (unpaired) electrons. The maximum Gasteiger partial charge on any atom is 0.282 e. The van der Waals surface area contributed by atoms with E-state index in [0.717, 1.165) is 27.9 Å². The summed E-state index contributed by atoms with van der Waals surface area (Å²) in [5.74, 6) is -0.978. The predicted molar refractivity (Wildman–Crippen MR) is 136 cm³/mol. The van der Waals surface area contributed by atoms with Gasteiger partial charge in [0.1, 0.15) is 5.70 Å². The van der Waals surface area contributed by atoms with Crippen molar-refractivity contribution >= 4 is 40.4 Å². The van der Waals surface area contributed by atoms with Crippen LogP contribution in [0.4, 0.5) is 17.1 Å². The van der Waals surface area contributed by atoms with Crippen LogP contribution in [0.15, 0.2) is 66.4 Å². The first-order valence-corrected chi connectivity index (χ1v) is 11.1. The van der Waals surface area contributed by atoms with Crippen LogP contribution in [0.2, 0.25) is 0 Å². The Hall–Kier alpha value is -4.19. The third kappa shape index (κ3) is 4.35. The van der Waals surface area contributed by atoms with Gasteiger partial charge in [-0.25, -0.2) is 4.90 Å². The van der Waals surface area contributed by atoms with Crippen LogP contribution >= 0.6 is 0 Å². The van der Waals surface area contributed by atoms with Crippen LogP contribution in [0, 0.1) is 27.7 Å². The van der Waals surface area contributed by atoms with E-state index in [2.05, 4.69) is 10.6 Å². The number of carbonyl (C=O) groups excluding carboxylic acids is 3. The SMILES string of the molecule is CC(=O)Nc1ccc(C2=C(Nc3cc(C)cc(C)c3)C(=O)N(c3cccc(C)c3C)C2=O)cc1. The minimum Gasteiger partial charge on any atom is -0.350 e. The number of anilines is 3. The lowest BCUT2D eigenvalue weighted by atomic mass is 10.0. The average molecular weight is 454 g/mol. The van der Waals surface area contributed by atoms with Gasteiger partial charge in [0.05, 0.1) is 11.3 Å². The van der Waals surface area contributed by atoms with E-state index in [9.17, 15) is 14.4 Å². The molecular formula is C28H27N3O3. The van der Waals surface area contributed by atoms with Crippen molar-refractivity contribution in [2.45, 2.75) is 34.6 Å². The maximum atomic E-state index is 13.7. The Bertz CT molecular complexity index is 1330. The summed E-state index contributed by atoms with van der Waals surface area (Å²) < 4.78 is 0. The molecule has 0 aromatic heterocycles. The Kier molecular flexibility index (Phi) is 6.07. The van der Waals surface area contributed by atoms with Gasteiger partial charge in [0, 0.05) is 18.3 Å². The van der Waals surface area contributed by atoms with Crippen molar-refractivity contribution in [3.05, 3.63) is 94.2 Å². The molecule has 3 amide bonds. The summed E-state index contributed by atoms with van der Waals surface area (Å²) in [7, 11) is 0. The van der Waals surface area contributed by atoms with Gasteiger partial charge in [-0.2, -0.15) is 0 Å². The molecule has 0 spiro atoms. The molecule has 3 aromatic rings. The number of hydrogen-bond acceptors (Lipinski definition) is 4. The molecule has 6 nitrogen and oxygen atoms in total. The number of hydrogen-bond donors (Lipinski definition) is 2. The highest BCUT2D eigenvalue weighted by Crippen LogP contribution is 2.36. The van der Waals surface area contributed by atoms with Gasteiger partial charge in [0.15, 0.2) is 0 Å². The zero-order chi connectivity index (χ0) is 24.6. The summed E-state index contributed by atoms with van der Waals surface area (Å²) in [4.78, 5) is 40.0. The molecule has 0 saturated heterocycles. The number of rotatable bonds is 5. The largest absolute Gasteiger partial charge is 0.350 e. The fraction of sp³-hybridized carbons (Fsp3) is 0.179. The molecule has 0 aliphatic carbocycles. The Morgan fingerprint density at radius 3 is 2.06 bits per heavy atom. The highest BCUT2D eigenvalue weighted by molar-refractivity contribution is 6.46. The van der Waals surface area contributed by atoms with Gasteiger partial charge in [-0.05, 0) is 85.8 Å². The molecule has 34 heavy (non-hydrogen) atoms. The van der Waals surface area contributed by atoms with E-state index in [0.29, 0.717) is 22.5 Å². The lowest BCUT2D eigenvalue weighted by Gasteiger charge is -2.19. The summed E-state index contributed by atoms with van der Waals surface area (Å²) in [5.41, 5.74) is 6.99. The minimum atomic E-state index is -0.404. The predicted octanol–water partition coefficient (Wildman–Crippen LogP) is 5.28. The molecule has 172 valence electrons. The van der Waals surface area contributed by atoms with Crippen molar-refractivity contribution in [3.63, 3.8) is 0 Å². The van der Waals surface area contributed by atoms with Crippen molar-refractivity contribution in [1.82, 2.24) is 0 Å². The van der Waals surface area contributed by atoms with E-state index in [4.69, 9.17) is 0 Å². The fourth-order valence-electron chi connectivity index (χ4n) is 4.22. The number of nitrogens with zero attached hydrogens (tertiary/aromatic N) is 1. The van der Waals surface area contributed by atoms with E-state index in [1.54, 1.807) is 30.3 Å². The molecule has 0 bridgehead atoms. The normalized spacial score (nSPS) is 13.5. The monoisotopic (exact) mass is 453 g/mol. The summed E-state index contributed by atoms with van der Waals surface area (Å²) >= 11 is 0. The van der Waals surface area contributed by atoms with E-state index >= 15 is 0 Å². The van der Waals surface area contributed by atoms with Crippen molar-refractivity contribution < 1.29 is 14.4 Å². The number of amides is 3. The summed E-state index contributed by atoms with van der Waals surface area (Å²) in [6, 6.07) is 18.4. The van der Waals surface area contributed by atoms with Crippen LogP contribution in [0.1, 0.15) is 34.7 Å². The topological polar surface area (TPSA) is 78.5 Å². The second-order valence-corrected chi connectivity index (χ2v) is 8.67. The minimum absolute atomic E-state index is 0.183. The standard InChI is InChI=1S/C28H27N3O3/c1-16-13-17(2)15-23(14-16)30-26-25(21-9-11-22(12-10-21)29-20(5)32)27(33)31(28(26)34)24-8-6-7-18(3)19(24)4/h6-15,30H,1-5H3,(H,29,32). The van der Waals surface area contributed by atoms with Crippen molar-refractivity contribution in [2.24, 2.45) is 0 Å². The number of benzene rings is 3. The van der Waals surface area contributed by atoms with Gasteiger partial charge in [0.25, 0.3) is 11.8 Å². The van der Waals surface area contributed by atoms with E-state index in [1.165, 1.54) is 11.8 Å². The highest BCUT2D eigenvalue weighted by atomic mass is 16.2. The quantitative estimate of drug-likeness (QED) is 0.516. The third-order valence-electron chi connectivity index (χ3n) is 5.89. The molecule has 6 heteroatoms. The molecule has 0 saturated carbocycles. The van der Waals surface area contributed by atoms with Gasteiger partial charge >= 0.3 is 0 Å². The van der Waals surface area contributed by atoms with Crippen molar-refractivity contribution in [2.75, 3.05) is 15.5 Å². The Morgan fingerprint density at radius 1 is 0.794 bits per heavy atom. The summed E-state index contributed by atoms with van der Waals surface area (Å²) in [6.45, 7) is 9.26. The van der Waals surface area contributed by atoms with Gasteiger partial charge in [-0.3, -0.25) is 14.4 Å². The van der Waals surface area contributed by atoms with Crippen LogP contribution < -0.4 is 15.5 Å². The second-order valence-electron chi connectivity index (χ2n) is 8.67. The number of nitrogens with one attached hydrogen (secondary N) is 2. The third-order valence-corrected chi connectivity index (χ3v) is 5.89. The van der Waals surface area contributed by atoms with Crippen molar-refractivity contribution in [1.29, 1.82) is 0 Å². The number of imide groups is 1. The Morgan fingerprint density at radius 2 is 1.44 bits per heavy atom. The maximum absolute atomic E-state index is 13.7. The smallest absolute Gasteiger partial charge is 0.282 e. The van der Waals surface area contributed by atoms with Gasteiger partial charge in [0.2, 0.25) is 5.91 Å². The molecule has 1 aliphatic rings. The first-order valence-electron chi connectivity index (χ1n) is 11.1. The summed E-state index contributed by atoms with van der Waals surface area (Å²) in [6.07, 6.45) is 0. The van der Waals surface area contributed by atoms with Gasteiger partial charge in [-0.1, -0.05) is 30.3 Å². The van der Waals surface area contributed by atoms with Gasteiger partial charge in [-0.15, -0.1) is 0 Å². The molecule has 4 rings (SSSR count). The molecule has 0 fully saturated rings. The van der Waals surface area contributed by atoms with E-state index in [-0.39, 0.29) is 11.6 Å². The van der Waals surface area contributed by atoms with Crippen molar-refractivity contribution in [3.8, 4) is 0 Å². The molecule has 1 aliphatic heterocycles. The number of carbonyl (C=O) groups is 3. The zero-order valence-corrected chi connectivity index (χ0v) is 19.9.